The Morgan fingerprint density at radius 3 is 2.52 bits per heavy atom. The van der Waals surface area contributed by atoms with Crippen molar-refractivity contribution in [3.05, 3.63) is 59.4 Å². The number of benzene rings is 1. The Morgan fingerprint density at radius 1 is 1.19 bits per heavy atom. The summed E-state index contributed by atoms with van der Waals surface area (Å²) in [6, 6.07) is 9.43. The molecule has 2 saturated heterocycles. The van der Waals surface area contributed by atoms with Gasteiger partial charge in [-0.1, -0.05) is 6.07 Å². The van der Waals surface area contributed by atoms with Gasteiger partial charge in [-0.2, -0.15) is 4.31 Å². The number of thioether (sulfide) groups is 1. The van der Waals surface area contributed by atoms with Crippen molar-refractivity contribution in [3.8, 4) is 0 Å². The first kappa shape index (κ1) is 18.9. The minimum atomic E-state index is -3.41. The highest BCUT2D eigenvalue weighted by Crippen LogP contribution is 2.47. The standard InChI is InChI=1S/C20H24N2O3S2/c1-15-7-16(2)9-19(8-15)27(23,24)22-13-20(14-22)10-18(12-26-20)25-11-17-3-5-21-6-4-17/h3-9,18H,10-14H2,1-2H3. The normalized spacial score (nSPS) is 22.1. The Labute approximate surface area is 165 Å². The molecule has 5 nitrogen and oxygen atoms in total. The van der Waals surface area contributed by atoms with Crippen LogP contribution in [0.3, 0.4) is 0 Å². The molecular formula is C20H24N2O3S2. The zero-order chi connectivity index (χ0) is 19.1. The van der Waals surface area contributed by atoms with Gasteiger partial charge in [-0.25, -0.2) is 8.42 Å². The van der Waals surface area contributed by atoms with Crippen LogP contribution in [-0.2, 0) is 21.4 Å². The molecule has 27 heavy (non-hydrogen) atoms. The number of hydrogen-bond acceptors (Lipinski definition) is 5. The van der Waals surface area contributed by atoms with Crippen LogP contribution in [0.5, 0.6) is 0 Å². The van der Waals surface area contributed by atoms with Crippen molar-refractivity contribution < 1.29 is 13.2 Å². The van der Waals surface area contributed by atoms with E-state index in [2.05, 4.69) is 4.98 Å². The van der Waals surface area contributed by atoms with Crippen molar-refractivity contribution in [2.24, 2.45) is 0 Å². The van der Waals surface area contributed by atoms with Crippen LogP contribution in [-0.4, -0.2) is 47.4 Å². The Morgan fingerprint density at radius 2 is 1.85 bits per heavy atom. The molecule has 2 aliphatic rings. The number of aromatic nitrogens is 1. The number of rotatable bonds is 5. The lowest BCUT2D eigenvalue weighted by atomic mass is 9.95. The molecule has 0 saturated carbocycles. The third-order valence-electron chi connectivity index (χ3n) is 5.17. The van der Waals surface area contributed by atoms with Gasteiger partial charge in [-0.05, 0) is 61.2 Å². The van der Waals surface area contributed by atoms with Crippen LogP contribution in [0.15, 0.2) is 47.6 Å². The van der Waals surface area contributed by atoms with Gasteiger partial charge < -0.3 is 4.74 Å². The quantitative estimate of drug-likeness (QED) is 0.766. The molecule has 0 N–H and O–H groups in total. The topological polar surface area (TPSA) is 59.5 Å². The Kier molecular flexibility index (Phi) is 5.05. The number of sulfonamides is 1. The molecular weight excluding hydrogens is 380 g/mol. The molecule has 1 atom stereocenters. The molecule has 1 aromatic carbocycles. The molecule has 7 heteroatoms. The molecule has 1 unspecified atom stereocenters. The smallest absolute Gasteiger partial charge is 0.243 e. The van der Waals surface area contributed by atoms with Gasteiger partial charge in [-0.3, -0.25) is 4.98 Å². The fraction of sp³-hybridized carbons (Fsp3) is 0.450. The van der Waals surface area contributed by atoms with Crippen molar-refractivity contribution in [2.45, 2.75) is 42.6 Å². The summed E-state index contributed by atoms with van der Waals surface area (Å²) >= 11 is 1.85. The van der Waals surface area contributed by atoms with Gasteiger partial charge in [-0.15, -0.1) is 11.8 Å². The van der Waals surface area contributed by atoms with Crippen LogP contribution in [0, 0.1) is 13.8 Å². The monoisotopic (exact) mass is 404 g/mol. The predicted octanol–water partition coefficient (Wildman–Crippen LogP) is 3.16. The SMILES string of the molecule is Cc1cc(C)cc(S(=O)(=O)N2CC3(CC(OCc4ccncc4)CS3)C2)c1. The van der Waals surface area contributed by atoms with E-state index in [1.54, 1.807) is 28.8 Å². The van der Waals surface area contributed by atoms with Gasteiger partial charge in [0.15, 0.2) is 0 Å². The minimum absolute atomic E-state index is 0.00878. The molecule has 1 aromatic heterocycles. The van der Waals surface area contributed by atoms with Gasteiger partial charge in [0.05, 0.1) is 17.6 Å². The van der Waals surface area contributed by atoms with E-state index in [0.717, 1.165) is 28.9 Å². The van der Waals surface area contributed by atoms with Crippen LogP contribution in [0.25, 0.3) is 0 Å². The molecule has 0 radical (unpaired) electrons. The predicted molar refractivity (Wildman–Crippen MR) is 107 cm³/mol. The summed E-state index contributed by atoms with van der Waals surface area (Å²) in [6.45, 7) is 5.58. The molecule has 144 valence electrons. The van der Waals surface area contributed by atoms with E-state index >= 15 is 0 Å². The Hall–Kier alpha value is -1.41. The van der Waals surface area contributed by atoms with E-state index in [0.29, 0.717) is 24.6 Å². The highest BCUT2D eigenvalue weighted by Gasteiger charge is 2.53. The number of pyridine rings is 1. The second-order valence-electron chi connectivity index (χ2n) is 7.58. The van der Waals surface area contributed by atoms with Gasteiger partial charge in [0, 0.05) is 36.0 Å². The maximum atomic E-state index is 12.9. The summed E-state index contributed by atoms with van der Waals surface area (Å²) in [5.41, 5.74) is 3.07. The van der Waals surface area contributed by atoms with E-state index in [9.17, 15) is 8.42 Å². The molecule has 1 spiro atoms. The van der Waals surface area contributed by atoms with E-state index in [1.165, 1.54) is 0 Å². The maximum Gasteiger partial charge on any atom is 0.243 e. The lowest BCUT2D eigenvalue weighted by Crippen LogP contribution is -2.60. The minimum Gasteiger partial charge on any atom is -0.373 e. The fourth-order valence-corrected chi connectivity index (χ4v) is 7.34. The molecule has 0 amide bonds. The molecule has 2 aliphatic heterocycles. The third-order valence-corrected chi connectivity index (χ3v) is 8.52. The van der Waals surface area contributed by atoms with Crippen molar-refractivity contribution in [2.75, 3.05) is 18.8 Å². The molecule has 4 rings (SSSR count). The van der Waals surface area contributed by atoms with Crippen LogP contribution in [0.4, 0.5) is 0 Å². The molecule has 2 aromatic rings. The number of ether oxygens (including phenoxy) is 1. The Bertz CT molecular complexity index is 905. The van der Waals surface area contributed by atoms with Crippen LogP contribution < -0.4 is 0 Å². The number of aryl methyl sites for hydroxylation is 2. The van der Waals surface area contributed by atoms with Crippen LogP contribution >= 0.6 is 11.8 Å². The van der Waals surface area contributed by atoms with Gasteiger partial charge in [0.2, 0.25) is 10.0 Å². The van der Waals surface area contributed by atoms with E-state index in [4.69, 9.17) is 4.74 Å². The molecule has 2 fully saturated rings. The van der Waals surface area contributed by atoms with Gasteiger partial charge in [0.1, 0.15) is 0 Å². The first-order valence-electron chi connectivity index (χ1n) is 9.09. The van der Waals surface area contributed by atoms with E-state index < -0.39 is 10.0 Å². The zero-order valence-electron chi connectivity index (χ0n) is 15.6. The molecule has 0 aliphatic carbocycles. The summed E-state index contributed by atoms with van der Waals surface area (Å²) in [7, 11) is -3.41. The van der Waals surface area contributed by atoms with Gasteiger partial charge >= 0.3 is 0 Å². The van der Waals surface area contributed by atoms with Crippen molar-refractivity contribution in [1.82, 2.24) is 9.29 Å². The highest BCUT2D eigenvalue weighted by molar-refractivity contribution is 8.01. The lowest BCUT2D eigenvalue weighted by Gasteiger charge is -2.46. The second kappa shape index (κ2) is 7.20. The number of hydrogen-bond donors (Lipinski definition) is 0. The first-order chi connectivity index (χ1) is 12.9. The fourth-order valence-electron chi connectivity index (χ4n) is 3.82. The lowest BCUT2D eigenvalue weighted by molar-refractivity contribution is 0.0397. The summed E-state index contributed by atoms with van der Waals surface area (Å²) in [6.07, 6.45) is 4.62. The van der Waals surface area contributed by atoms with Crippen molar-refractivity contribution >= 4 is 21.8 Å². The van der Waals surface area contributed by atoms with E-state index in [-0.39, 0.29) is 10.9 Å². The summed E-state index contributed by atoms with van der Waals surface area (Å²) in [5.74, 6) is 0.919. The first-order valence-corrected chi connectivity index (χ1v) is 11.5. The largest absolute Gasteiger partial charge is 0.373 e. The van der Waals surface area contributed by atoms with Crippen LogP contribution in [0.2, 0.25) is 0 Å². The average Bonchev–Trinajstić information content (AvgIpc) is 3.04. The van der Waals surface area contributed by atoms with E-state index in [1.807, 2.05) is 43.8 Å². The third kappa shape index (κ3) is 3.92. The second-order valence-corrected chi connectivity index (χ2v) is 11.0. The van der Waals surface area contributed by atoms with Crippen molar-refractivity contribution in [1.29, 1.82) is 0 Å². The average molecular weight is 405 g/mol. The summed E-state index contributed by atoms with van der Waals surface area (Å²) in [4.78, 5) is 4.42. The van der Waals surface area contributed by atoms with Crippen LogP contribution in [0.1, 0.15) is 23.1 Å². The van der Waals surface area contributed by atoms with Gasteiger partial charge in [0.25, 0.3) is 0 Å². The summed E-state index contributed by atoms with van der Waals surface area (Å²) in [5, 5.41) is 0. The molecule has 3 heterocycles. The molecule has 0 bridgehead atoms. The van der Waals surface area contributed by atoms with Crippen molar-refractivity contribution in [3.63, 3.8) is 0 Å². The highest BCUT2D eigenvalue weighted by atomic mass is 32.2. The zero-order valence-corrected chi connectivity index (χ0v) is 17.2. The number of nitrogens with zero attached hydrogens (tertiary/aromatic N) is 2. The Balaban J connectivity index is 1.36. The maximum absolute atomic E-state index is 12.9. The summed E-state index contributed by atoms with van der Waals surface area (Å²) < 4.78 is 33.5.